The second-order valence-corrected chi connectivity index (χ2v) is 5.15. The Bertz CT molecular complexity index is 211. The van der Waals surface area contributed by atoms with Crippen molar-refractivity contribution in [2.75, 3.05) is 12.8 Å². The van der Waals surface area contributed by atoms with Crippen molar-refractivity contribution in [2.24, 2.45) is 16.6 Å². The largest absolute Gasteiger partial charge is 0.387 e. The van der Waals surface area contributed by atoms with Crippen molar-refractivity contribution in [3.8, 4) is 0 Å². The quantitative estimate of drug-likeness (QED) is 0.516. The third-order valence-corrected chi connectivity index (χ3v) is 3.38. The van der Waals surface area contributed by atoms with Crippen LogP contribution in [0.2, 0.25) is 0 Å². The number of amidine groups is 1. The Morgan fingerprint density at radius 1 is 1.75 bits per heavy atom. The number of nitrogens with zero attached hydrogens (tertiary/aromatic N) is 1. The molecule has 0 amide bonds. The second kappa shape index (κ2) is 4.03. The standard InChI is InChI=1S/C8H16N2OS/c1-6(12(2)11)5-10-8(9)7-3-4-7/h6-7H,3-5H2,1-2H3,(H2,9,10). The minimum absolute atomic E-state index is 0.127. The van der Waals surface area contributed by atoms with Crippen LogP contribution in [0.15, 0.2) is 4.99 Å². The molecule has 70 valence electrons. The van der Waals surface area contributed by atoms with Gasteiger partial charge in [0.2, 0.25) is 0 Å². The zero-order valence-corrected chi connectivity index (χ0v) is 8.43. The summed E-state index contributed by atoms with van der Waals surface area (Å²) in [6, 6.07) is 0. The molecule has 0 bridgehead atoms. The molecule has 1 aliphatic rings. The van der Waals surface area contributed by atoms with E-state index in [1.54, 1.807) is 6.26 Å². The fraction of sp³-hybridized carbons (Fsp3) is 0.875. The third-order valence-electron chi connectivity index (χ3n) is 2.09. The first-order chi connectivity index (χ1) is 5.61. The lowest BCUT2D eigenvalue weighted by Crippen LogP contribution is -2.19. The Balaban J connectivity index is 2.31. The summed E-state index contributed by atoms with van der Waals surface area (Å²) in [4.78, 5) is 4.21. The zero-order valence-electron chi connectivity index (χ0n) is 7.62. The number of aliphatic imine (C=N–C) groups is 1. The highest BCUT2D eigenvalue weighted by Gasteiger charge is 2.25. The van der Waals surface area contributed by atoms with Gasteiger partial charge in [-0.1, -0.05) is 0 Å². The van der Waals surface area contributed by atoms with Crippen molar-refractivity contribution in [1.29, 1.82) is 0 Å². The summed E-state index contributed by atoms with van der Waals surface area (Å²) < 4.78 is 10.9. The van der Waals surface area contributed by atoms with Crippen molar-refractivity contribution in [1.82, 2.24) is 0 Å². The van der Waals surface area contributed by atoms with Crippen LogP contribution in [-0.2, 0) is 10.8 Å². The monoisotopic (exact) mass is 188 g/mol. The van der Waals surface area contributed by atoms with E-state index in [0.717, 1.165) is 5.84 Å². The van der Waals surface area contributed by atoms with Gasteiger partial charge < -0.3 is 5.73 Å². The number of hydrogen-bond donors (Lipinski definition) is 1. The van der Waals surface area contributed by atoms with Crippen LogP contribution in [0.3, 0.4) is 0 Å². The van der Waals surface area contributed by atoms with Crippen LogP contribution in [0.25, 0.3) is 0 Å². The summed E-state index contributed by atoms with van der Waals surface area (Å²) in [6.45, 7) is 2.53. The normalized spacial score (nSPS) is 23.7. The molecule has 0 heterocycles. The zero-order chi connectivity index (χ0) is 9.14. The molecule has 1 fully saturated rings. The van der Waals surface area contributed by atoms with Gasteiger partial charge in [0.1, 0.15) is 0 Å². The highest BCUT2D eigenvalue weighted by molar-refractivity contribution is 7.84. The van der Waals surface area contributed by atoms with Crippen LogP contribution >= 0.6 is 0 Å². The molecule has 0 aromatic rings. The van der Waals surface area contributed by atoms with Gasteiger partial charge in [0.25, 0.3) is 0 Å². The van der Waals surface area contributed by atoms with Gasteiger partial charge in [-0.15, -0.1) is 0 Å². The van der Waals surface area contributed by atoms with E-state index in [2.05, 4.69) is 4.99 Å². The molecule has 0 aromatic heterocycles. The maximum Gasteiger partial charge on any atom is 0.0968 e. The molecule has 1 rings (SSSR count). The highest BCUT2D eigenvalue weighted by atomic mass is 32.2. The van der Waals surface area contributed by atoms with Gasteiger partial charge in [0.05, 0.1) is 17.6 Å². The van der Waals surface area contributed by atoms with E-state index in [9.17, 15) is 4.21 Å². The fourth-order valence-corrected chi connectivity index (χ4v) is 1.13. The van der Waals surface area contributed by atoms with Crippen LogP contribution < -0.4 is 5.73 Å². The van der Waals surface area contributed by atoms with Gasteiger partial charge >= 0.3 is 0 Å². The van der Waals surface area contributed by atoms with Gasteiger partial charge in [-0.25, -0.2) is 0 Å². The summed E-state index contributed by atoms with van der Waals surface area (Å²) in [5.41, 5.74) is 5.68. The smallest absolute Gasteiger partial charge is 0.0968 e. The maximum atomic E-state index is 10.9. The highest BCUT2D eigenvalue weighted by Crippen LogP contribution is 2.28. The van der Waals surface area contributed by atoms with E-state index in [1.165, 1.54) is 12.8 Å². The summed E-state index contributed by atoms with van der Waals surface area (Å²) in [6.07, 6.45) is 4.06. The molecule has 4 heteroatoms. The van der Waals surface area contributed by atoms with Gasteiger partial charge in [-0.3, -0.25) is 9.20 Å². The second-order valence-electron chi connectivity index (χ2n) is 3.35. The number of rotatable bonds is 4. The first kappa shape index (κ1) is 9.71. The molecule has 1 aliphatic carbocycles. The maximum absolute atomic E-state index is 10.9. The molecule has 0 aromatic carbocycles. The van der Waals surface area contributed by atoms with E-state index in [0.29, 0.717) is 12.5 Å². The molecule has 12 heavy (non-hydrogen) atoms. The van der Waals surface area contributed by atoms with Crippen molar-refractivity contribution in [3.05, 3.63) is 0 Å². The van der Waals surface area contributed by atoms with Crippen LogP contribution in [0.1, 0.15) is 19.8 Å². The summed E-state index contributed by atoms with van der Waals surface area (Å²) in [5.74, 6) is 1.29. The SMILES string of the molecule is CC(CN=C(N)C1CC1)S(C)=O. The van der Waals surface area contributed by atoms with E-state index in [1.807, 2.05) is 6.92 Å². The Morgan fingerprint density at radius 2 is 2.33 bits per heavy atom. The number of hydrogen-bond acceptors (Lipinski definition) is 2. The Hall–Kier alpha value is -0.380. The van der Waals surface area contributed by atoms with E-state index >= 15 is 0 Å². The van der Waals surface area contributed by atoms with Crippen molar-refractivity contribution in [2.45, 2.75) is 25.0 Å². The lowest BCUT2D eigenvalue weighted by molar-refractivity contribution is 0.677. The van der Waals surface area contributed by atoms with E-state index in [4.69, 9.17) is 5.73 Å². The summed E-state index contributed by atoms with van der Waals surface area (Å²) >= 11 is 0. The summed E-state index contributed by atoms with van der Waals surface area (Å²) in [7, 11) is -0.782. The van der Waals surface area contributed by atoms with E-state index in [-0.39, 0.29) is 5.25 Å². The molecule has 1 saturated carbocycles. The van der Waals surface area contributed by atoms with Gasteiger partial charge in [0, 0.05) is 23.0 Å². The minimum atomic E-state index is -0.782. The summed E-state index contributed by atoms with van der Waals surface area (Å²) in [5, 5.41) is 0.127. The van der Waals surface area contributed by atoms with Crippen LogP contribution in [0.4, 0.5) is 0 Å². The van der Waals surface area contributed by atoms with Crippen LogP contribution in [0.5, 0.6) is 0 Å². The van der Waals surface area contributed by atoms with Crippen molar-refractivity contribution >= 4 is 16.6 Å². The van der Waals surface area contributed by atoms with E-state index < -0.39 is 10.8 Å². The molecule has 2 N–H and O–H groups in total. The molecule has 0 spiro atoms. The third kappa shape index (κ3) is 2.93. The Labute approximate surface area is 75.9 Å². The van der Waals surface area contributed by atoms with Gasteiger partial charge in [-0.2, -0.15) is 0 Å². The molecule has 0 radical (unpaired) electrons. The number of nitrogens with two attached hydrogens (primary N) is 1. The first-order valence-corrected chi connectivity index (χ1v) is 5.85. The Morgan fingerprint density at radius 3 is 2.75 bits per heavy atom. The topological polar surface area (TPSA) is 55.4 Å². The molecule has 0 aliphatic heterocycles. The molecule has 2 atom stereocenters. The minimum Gasteiger partial charge on any atom is -0.387 e. The Kier molecular flexibility index (Phi) is 3.26. The van der Waals surface area contributed by atoms with Gasteiger partial charge in [0.15, 0.2) is 0 Å². The molecule has 0 saturated heterocycles. The van der Waals surface area contributed by atoms with Gasteiger partial charge in [-0.05, 0) is 19.8 Å². The van der Waals surface area contributed by atoms with Crippen LogP contribution in [-0.4, -0.2) is 28.1 Å². The molecular formula is C8H16N2OS. The average Bonchev–Trinajstić information content (AvgIpc) is 2.81. The predicted molar refractivity (Wildman–Crippen MR) is 52.7 cm³/mol. The molecular weight excluding hydrogens is 172 g/mol. The lowest BCUT2D eigenvalue weighted by atomic mass is 10.4. The fourth-order valence-electron chi connectivity index (χ4n) is 0.847. The first-order valence-electron chi connectivity index (χ1n) is 4.23. The van der Waals surface area contributed by atoms with Crippen LogP contribution in [0, 0.1) is 5.92 Å². The molecule has 2 unspecified atom stereocenters. The lowest BCUT2D eigenvalue weighted by Gasteiger charge is -2.04. The van der Waals surface area contributed by atoms with Crippen molar-refractivity contribution in [3.63, 3.8) is 0 Å². The predicted octanol–water partition coefficient (Wildman–Crippen LogP) is 0.521. The average molecular weight is 188 g/mol. The molecule has 3 nitrogen and oxygen atoms in total. The van der Waals surface area contributed by atoms with Crippen molar-refractivity contribution < 1.29 is 4.21 Å².